The van der Waals surface area contributed by atoms with E-state index in [1.807, 2.05) is 22.6 Å². The second kappa shape index (κ2) is 8.58. The van der Waals surface area contributed by atoms with Gasteiger partial charge in [0, 0.05) is 26.2 Å². The van der Waals surface area contributed by atoms with Gasteiger partial charge in [-0.3, -0.25) is 0 Å². The molecular weight excluding hydrogens is 439 g/mol. The van der Waals surface area contributed by atoms with E-state index in [-0.39, 0.29) is 17.7 Å². The van der Waals surface area contributed by atoms with E-state index in [1.165, 1.54) is 0 Å². The Labute approximate surface area is 152 Å². The number of aromatic nitrogens is 2. The molecule has 0 bridgehead atoms. The Morgan fingerprint density at radius 3 is 2.70 bits per heavy atom. The van der Waals surface area contributed by atoms with Gasteiger partial charge in [0.1, 0.15) is 17.1 Å². The molecule has 0 aromatic carbocycles. The van der Waals surface area contributed by atoms with Crippen molar-refractivity contribution in [3.8, 4) is 0 Å². The highest BCUT2D eigenvalue weighted by atomic mass is 127. The summed E-state index contributed by atoms with van der Waals surface area (Å²) < 4.78 is 5.57. The van der Waals surface area contributed by atoms with Crippen molar-refractivity contribution in [3.63, 3.8) is 0 Å². The molecule has 8 nitrogen and oxygen atoms in total. The van der Waals surface area contributed by atoms with Crippen LogP contribution in [0.25, 0.3) is 0 Å². The SMILES string of the molecule is COCCNc1nc(Cl)c(I)c(N[C@@H]2C[C@H](CO)[C@@H](O)[C@H]2O)n1. The van der Waals surface area contributed by atoms with E-state index in [0.29, 0.717) is 34.9 Å². The topological polar surface area (TPSA) is 120 Å². The van der Waals surface area contributed by atoms with Crippen molar-refractivity contribution >= 4 is 46.0 Å². The minimum Gasteiger partial charge on any atom is -0.396 e. The van der Waals surface area contributed by atoms with Gasteiger partial charge in [-0.2, -0.15) is 9.97 Å². The molecule has 0 unspecified atom stereocenters. The van der Waals surface area contributed by atoms with E-state index in [4.69, 9.17) is 16.3 Å². The predicted octanol–water partition coefficient (Wildman–Crippen LogP) is 0.307. The Morgan fingerprint density at radius 2 is 2.09 bits per heavy atom. The van der Waals surface area contributed by atoms with Crippen molar-refractivity contribution < 1.29 is 20.1 Å². The minimum absolute atomic E-state index is 0.179. The van der Waals surface area contributed by atoms with Crippen LogP contribution < -0.4 is 10.6 Å². The van der Waals surface area contributed by atoms with Gasteiger partial charge in [0.05, 0.1) is 22.3 Å². The van der Waals surface area contributed by atoms with Crippen molar-refractivity contribution in [1.29, 1.82) is 0 Å². The molecule has 0 aliphatic heterocycles. The van der Waals surface area contributed by atoms with E-state index < -0.39 is 18.2 Å². The summed E-state index contributed by atoms with van der Waals surface area (Å²) in [4.78, 5) is 8.48. The third kappa shape index (κ3) is 4.54. The summed E-state index contributed by atoms with van der Waals surface area (Å²) in [5.74, 6) is 0.457. The number of methoxy groups -OCH3 is 1. The first-order chi connectivity index (χ1) is 11.0. The second-order valence-corrected chi connectivity index (χ2v) is 6.77. The van der Waals surface area contributed by atoms with Crippen molar-refractivity contribution in [3.05, 3.63) is 8.72 Å². The molecule has 1 aromatic rings. The third-order valence-electron chi connectivity index (χ3n) is 3.76. The summed E-state index contributed by atoms with van der Waals surface area (Å²) >= 11 is 8.13. The monoisotopic (exact) mass is 458 g/mol. The van der Waals surface area contributed by atoms with Gasteiger partial charge in [0.25, 0.3) is 0 Å². The largest absolute Gasteiger partial charge is 0.396 e. The first-order valence-electron chi connectivity index (χ1n) is 7.17. The number of hydrogen-bond acceptors (Lipinski definition) is 8. The van der Waals surface area contributed by atoms with Crippen LogP contribution in [0.15, 0.2) is 0 Å². The molecule has 0 amide bonds. The Hall–Kier alpha value is -0.460. The molecule has 4 atom stereocenters. The first kappa shape index (κ1) is 18.9. The number of halogens is 2. The number of nitrogens with zero attached hydrogens (tertiary/aromatic N) is 2. The molecule has 1 saturated carbocycles. The summed E-state index contributed by atoms with van der Waals surface area (Å²) in [6.07, 6.45) is -1.52. The smallest absolute Gasteiger partial charge is 0.226 e. The zero-order valence-electron chi connectivity index (χ0n) is 12.5. The number of aliphatic hydroxyl groups excluding tert-OH is 3. The molecule has 0 saturated heterocycles. The molecular formula is C13H20ClIN4O4. The number of nitrogens with one attached hydrogen (secondary N) is 2. The van der Waals surface area contributed by atoms with E-state index in [1.54, 1.807) is 7.11 Å². The normalized spacial score (nSPS) is 27.2. The van der Waals surface area contributed by atoms with Crippen LogP contribution in [0, 0.1) is 9.49 Å². The van der Waals surface area contributed by atoms with Crippen LogP contribution >= 0.6 is 34.2 Å². The third-order valence-corrected chi connectivity index (χ3v) is 5.37. The number of anilines is 2. The van der Waals surface area contributed by atoms with Crippen LogP contribution in [0.2, 0.25) is 5.15 Å². The molecule has 0 spiro atoms. The number of aliphatic hydroxyl groups is 3. The fourth-order valence-electron chi connectivity index (χ4n) is 2.48. The van der Waals surface area contributed by atoms with Gasteiger partial charge in [-0.25, -0.2) is 0 Å². The van der Waals surface area contributed by atoms with Gasteiger partial charge in [-0.05, 0) is 29.0 Å². The Bertz CT molecular complexity index is 539. The maximum Gasteiger partial charge on any atom is 0.226 e. The fourth-order valence-corrected chi connectivity index (χ4v) is 3.05. The van der Waals surface area contributed by atoms with Crippen molar-refractivity contribution in [1.82, 2.24) is 9.97 Å². The van der Waals surface area contributed by atoms with E-state index in [2.05, 4.69) is 20.6 Å². The van der Waals surface area contributed by atoms with Crippen LogP contribution in [0.3, 0.4) is 0 Å². The number of hydrogen-bond donors (Lipinski definition) is 5. The summed E-state index contributed by atoms with van der Waals surface area (Å²) in [5, 5.41) is 35.6. The van der Waals surface area contributed by atoms with Crippen molar-refractivity contribution in [2.45, 2.75) is 24.7 Å². The zero-order chi connectivity index (χ0) is 17.0. The molecule has 130 valence electrons. The minimum atomic E-state index is -0.985. The van der Waals surface area contributed by atoms with Gasteiger partial charge in [-0.15, -0.1) is 0 Å². The summed E-state index contributed by atoms with van der Waals surface area (Å²) in [7, 11) is 1.60. The average Bonchev–Trinajstić information content (AvgIpc) is 2.80. The van der Waals surface area contributed by atoms with Crippen LogP contribution in [-0.2, 0) is 4.74 Å². The van der Waals surface area contributed by atoms with Crippen LogP contribution in [-0.4, -0.2) is 70.4 Å². The summed E-state index contributed by atoms with van der Waals surface area (Å²) in [5.41, 5.74) is 0. The Morgan fingerprint density at radius 1 is 1.35 bits per heavy atom. The lowest BCUT2D eigenvalue weighted by atomic mass is 10.1. The Balaban J connectivity index is 2.12. The molecule has 1 heterocycles. The van der Waals surface area contributed by atoms with Gasteiger partial charge >= 0.3 is 0 Å². The molecule has 1 fully saturated rings. The van der Waals surface area contributed by atoms with E-state index in [9.17, 15) is 15.3 Å². The average molecular weight is 459 g/mol. The molecule has 1 aliphatic carbocycles. The highest BCUT2D eigenvalue weighted by Gasteiger charge is 2.41. The number of ether oxygens (including phenoxy) is 1. The van der Waals surface area contributed by atoms with E-state index in [0.717, 1.165) is 0 Å². The maximum atomic E-state index is 10.1. The molecule has 23 heavy (non-hydrogen) atoms. The summed E-state index contributed by atoms with van der Waals surface area (Å²) in [6, 6.07) is -0.423. The first-order valence-corrected chi connectivity index (χ1v) is 8.63. The quantitative estimate of drug-likeness (QED) is 0.225. The standard InChI is InChI=1S/C13H20ClIN4O4/c1-23-3-2-16-13-18-11(14)8(15)12(19-13)17-7-4-6(5-20)9(21)10(7)22/h6-7,9-10,20-22H,2-5H2,1H3,(H2,16,17,18,19)/t6-,7-,9-,10+/m1/s1. The fraction of sp³-hybridized carbons (Fsp3) is 0.692. The highest BCUT2D eigenvalue weighted by Crippen LogP contribution is 2.31. The molecule has 2 rings (SSSR count). The lowest BCUT2D eigenvalue weighted by molar-refractivity contribution is 0.00445. The molecule has 1 aromatic heterocycles. The molecule has 1 aliphatic rings. The second-order valence-electron chi connectivity index (χ2n) is 5.33. The van der Waals surface area contributed by atoms with Crippen LogP contribution in [0.5, 0.6) is 0 Å². The highest BCUT2D eigenvalue weighted by molar-refractivity contribution is 14.1. The van der Waals surface area contributed by atoms with Crippen LogP contribution in [0.1, 0.15) is 6.42 Å². The van der Waals surface area contributed by atoms with Crippen LogP contribution in [0.4, 0.5) is 11.8 Å². The zero-order valence-corrected chi connectivity index (χ0v) is 15.5. The van der Waals surface area contributed by atoms with E-state index >= 15 is 0 Å². The maximum absolute atomic E-state index is 10.1. The van der Waals surface area contributed by atoms with Gasteiger partial charge < -0.3 is 30.7 Å². The summed E-state index contributed by atoms with van der Waals surface area (Å²) in [6.45, 7) is 0.855. The Kier molecular flexibility index (Phi) is 7.04. The van der Waals surface area contributed by atoms with Gasteiger partial charge in [0.2, 0.25) is 5.95 Å². The van der Waals surface area contributed by atoms with Crippen molar-refractivity contribution in [2.75, 3.05) is 37.5 Å². The van der Waals surface area contributed by atoms with Crippen molar-refractivity contribution in [2.24, 2.45) is 5.92 Å². The lowest BCUT2D eigenvalue weighted by Crippen LogP contribution is -2.35. The lowest BCUT2D eigenvalue weighted by Gasteiger charge is -2.20. The molecule has 0 radical (unpaired) electrons. The van der Waals surface area contributed by atoms with Gasteiger partial charge in [-0.1, -0.05) is 11.6 Å². The number of rotatable bonds is 7. The van der Waals surface area contributed by atoms with Gasteiger partial charge in [0.15, 0.2) is 0 Å². The molecule has 5 N–H and O–H groups in total. The molecule has 10 heteroatoms. The predicted molar refractivity (Wildman–Crippen MR) is 94.7 cm³/mol.